The van der Waals surface area contributed by atoms with Crippen LogP contribution in [0.3, 0.4) is 0 Å². The zero-order valence-electron chi connectivity index (χ0n) is 16.5. The van der Waals surface area contributed by atoms with Crippen LogP contribution < -0.4 is 0 Å². The minimum Gasteiger partial charge on any atom is -0.469 e. The molecule has 1 aromatic carbocycles. The van der Waals surface area contributed by atoms with Crippen LogP contribution in [-0.4, -0.2) is 39.2 Å². The van der Waals surface area contributed by atoms with E-state index in [2.05, 4.69) is 6.92 Å². The Morgan fingerprint density at radius 3 is 2.30 bits per heavy atom. The van der Waals surface area contributed by atoms with E-state index in [-0.39, 0.29) is 17.9 Å². The van der Waals surface area contributed by atoms with E-state index in [1.165, 1.54) is 21.3 Å². The molecule has 4 unspecified atom stereocenters. The van der Waals surface area contributed by atoms with E-state index in [9.17, 15) is 14.4 Å². The molecule has 3 rings (SSSR count). The molecule has 0 spiro atoms. The van der Waals surface area contributed by atoms with Crippen molar-refractivity contribution in [1.82, 2.24) is 0 Å². The van der Waals surface area contributed by atoms with Crippen LogP contribution in [0.4, 0.5) is 0 Å². The van der Waals surface area contributed by atoms with Crippen molar-refractivity contribution < 1.29 is 28.6 Å². The molecule has 6 heteroatoms. The van der Waals surface area contributed by atoms with Crippen LogP contribution in [0.25, 0.3) is 0 Å². The Hall–Kier alpha value is -2.37. The number of hydrogen-bond donors (Lipinski definition) is 0. The average Bonchev–Trinajstić information content (AvgIpc) is 2.95. The number of fused-ring (bicyclic) bond motifs is 3. The molecule has 146 valence electrons. The van der Waals surface area contributed by atoms with Gasteiger partial charge in [0.15, 0.2) is 0 Å². The third-order valence-corrected chi connectivity index (χ3v) is 6.63. The highest BCUT2D eigenvalue weighted by Crippen LogP contribution is 2.63. The molecular weight excluding hydrogens is 348 g/mol. The lowest BCUT2D eigenvalue weighted by atomic mass is 9.54. The molecule has 1 fully saturated rings. The summed E-state index contributed by atoms with van der Waals surface area (Å²) in [5.41, 5.74) is 0.913. The highest BCUT2D eigenvalue weighted by Gasteiger charge is 2.63. The smallest absolute Gasteiger partial charge is 0.337 e. The second-order valence-corrected chi connectivity index (χ2v) is 7.95. The summed E-state index contributed by atoms with van der Waals surface area (Å²) in [7, 11) is 4.08. The largest absolute Gasteiger partial charge is 0.469 e. The second-order valence-electron chi connectivity index (χ2n) is 7.95. The van der Waals surface area contributed by atoms with Gasteiger partial charge < -0.3 is 14.2 Å². The number of hydrogen-bond acceptors (Lipinski definition) is 6. The molecule has 2 aliphatic carbocycles. The van der Waals surface area contributed by atoms with Gasteiger partial charge in [0.2, 0.25) is 0 Å². The van der Waals surface area contributed by atoms with E-state index < -0.39 is 22.7 Å². The summed E-state index contributed by atoms with van der Waals surface area (Å²) < 4.78 is 15.1. The summed E-state index contributed by atoms with van der Waals surface area (Å²) in [5, 5.41) is 0. The van der Waals surface area contributed by atoms with Gasteiger partial charge in [0.25, 0.3) is 0 Å². The van der Waals surface area contributed by atoms with Crippen molar-refractivity contribution in [3.8, 4) is 0 Å². The monoisotopic (exact) mass is 374 g/mol. The maximum atomic E-state index is 12.8. The average molecular weight is 374 g/mol. The summed E-state index contributed by atoms with van der Waals surface area (Å²) in [6.45, 7) is 3.95. The molecule has 0 aliphatic heterocycles. The maximum absolute atomic E-state index is 12.8. The minimum atomic E-state index is -0.814. The van der Waals surface area contributed by atoms with Gasteiger partial charge in [0.05, 0.1) is 38.2 Å². The van der Waals surface area contributed by atoms with Crippen molar-refractivity contribution in [1.29, 1.82) is 0 Å². The van der Waals surface area contributed by atoms with Crippen LogP contribution in [0.15, 0.2) is 18.2 Å². The van der Waals surface area contributed by atoms with Gasteiger partial charge in [-0.3, -0.25) is 9.59 Å². The molecule has 0 amide bonds. The van der Waals surface area contributed by atoms with Crippen LogP contribution in [0, 0.1) is 11.3 Å². The predicted molar refractivity (Wildman–Crippen MR) is 97.4 cm³/mol. The first-order chi connectivity index (χ1) is 12.7. The van der Waals surface area contributed by atoms with Gasteiger partial charge in [-0.15, -0.1) is 0 Å². The van der Waals surface area contributed by atoms with E-state index in [1.807, 2.05) is 6.92 Å². The number of benzene rings is 1. The van der Waals surface area contributed by atoms with Crippen LogP contribution in [0.5, 0.6) is 0 Å². The summed E-state index contributed by atoms with van der Waals surface area (Å²) in [5.74, 6) is -1.99. The highest BCUT2D eigenvalue weighted by molar-refractivity contribution is 5.91. The Labute approximate surface area is 159 Å². The molecule has 1 saturated carbocycles. The van der Waals surface area contributed by atoms with Gasteiger partial charge in [0, 0.05) is 5.92 Å². The lowest BCUT2D eigenvalue weighted by Gasteiger charge is -2.48. The number of esters is 3. The topological polar surface area (TPSA) is 78.9 Å². The van der Waals surface area contributed by atoms with Gasteiger partial charge in [-0.2, -0.15) is 0 Å². The summed E-state index contributed by atoms with van der Waals surface area (Å²) in [4.78, 5) is 37.6. The first-order valence-corrected chi connectivity index (χ1v) is 9.13. The number of carbonyl (C=O) groups is 3. The van der Waals surface area contributed by atoms with Gasteiger partial charge >= 0.3 is 17.9 Å². The van der Waals surface area contributed by atoms with Gasteiger partial charge in [0.1, 0.15) is 0 Å². The molecule has 0 saturated heterocycles. The Bertz CT molecular complexity index is 800. The molecule has 27 heavy (non-hydrogen) atoms. The molecule has 0 bridgehead atoms. The number of carbonyl (C=O) groups excluding carboxylic acids is 3. The number of methoxy groups -OCH3 is 3. The quantitative estimate of drug-likeness (QED) is 0.598. The first kappa shape index (κ1) is 19.4. The molecule has 0 heterocycles. The number of rotatable bonds is 3. The zero-order chi connectivity index (χ0) is 20.0. The fourth-order valence-corrected chi connectivity index (χ4v) is 5.47. The third-order valence-electron chi connectivity index (χ3n) is 6.63. The van der Waals surface area contributed by atoms with Crippen molar-refractivity contribution in [2.24, 2.45) is 11.3 Å². The van der Waals surface area contributed by atoms with Crippen LogP contribution >= 0.6 is 0 Å². The van der Waals surface area contributed by atoms with Gasteiger partial charge in [-0.25, -0.2) is 4.79 Å². The Morgan fingerprint density at radius 1 is 1.00 bits per heavy atom. The van der Waals surface area contributed by atoms with E-state index in [1.54, 1.807) is 18.2 Å². The van der Waals surface area contributed by atoms with Gasteiger partial charge in [-0.1, -0.05) is 19.4 Å². The van der Waals surface area contributed by atoms with E-state index in [4.69, 9.17) is 14.2 Å². The molecule has 0 radical (unpaired) electrons. The minimum absolute atomic E-state index is 0.304. The molecule has 1 aromatic rings. The Kier molecular flexibility index (Phi) is 4.78. The van der Waals surface area contributed by atoms with Crippen molar-refractivity contribution >= 4 is 17.9 Å². The lowest BCUT2D eigenvalue weighted by Crippen LogP contribution is -2.51. The number of ether oxygens (including phenoxy) is 3. The van der Waals surface area contributed by atoms with E-state index in [0.717, 1.165) is 24.0 Å². The Balaban J connectivity index is 2.24. The normalized spacial score (nSPS) is 31.4. The van der Waals surface area contributed by atoms with E-state index in [0.29, 0.717) is 12.0 Å². The van der Waals surface area contributed by atoms with Crippen molar-refractivity contribution in [3.05, 3.63) is 34.9 Å². The summed E-state index contributed by atoms with van der Waals surface area (Å²) >= 11 is 0. The highest BCUT2D eigenvalue weighted by atomic mass is 16.5. The Morgan fingerprint density at radius 2 is 1.70 bits per heavy atom. The standard InChI is InChI=1S/C21H26O6/c1-20-9-6-10-21(2,19(24)27-5)16(20)15(18(23)26-4)13-8-7-12(11-14(13)20)17(22)25-3/h7-8,11,15-16H,6,9-10H2,1-5H3. The fraction of sp³-hybridized carbons (Fsp3) is 0.571. The van der Waals surface area contributed by atoms with Crippen molar-refractivity contribution in [2.45, 2.75) is 44.4 Å². The summed E-state index contributed by atoms with van der Waals surface area (Å²) in [6.07, 6.45) is 2.29. The van der Waals surface area contributed by atoms with Crippen molar-refractivity contribution in [3.63, 3.8) is 0 Å². The predicted octanol–water partition coefficient (Wildman–Crippen LogP) is 2.98. The maximum Gasteiger partial charge on any atom is 0.337 e. The molecule has 0 N–H and O–H groups in total. The molecule has 4 atom stereocenters. The second kappa shape index (κ2) is 6.66. The summed E-state index contributed by atoms with van der Waals surface area (Å²) in [6, 6.07) is 5.27. The fourth-order valence-electron chi connectivity index (χ4n) is 5.47. The van der Waals surface area contributed by atoms with Crippen LogP contribution in [-0.2, 0) is 29.2 Å². The first-order valence-electron chi connectivity index (χ1n) is 9.13. The van der Waals surface area contributed by atoms with Gasteiger partial charge in [-0.05, 0) is 48.4 Å². The molecule has 2 aliphatic rings. The zero-order valence-corrected chi connectivity index (χ0v) is 16.5. The molecule has 6 nitrogen and oxygen atoms in total. The third kappa shape index (κ3) is 2.65. The molecule has 0 aromatic heterocycles. The van der Waals surface area contributed by atoms with Crippen molar-refractivity contribution in [2.75, 3.05) is 21.3 Å². The molecular formula is C21H26O6. The lowest BCUT2D eigenvalue weighted by molar-refractivity contribution is -0.164. The van der Waals surface area contributed by atoms with Crippen LogP contribution in [0.2, 0.25) is 0 Å². The van der Waals surface area contributed by atoms with Crippen LogP contribution in [0.1, 0.15) is 60.5 Å². The SMILES string of the molecule is COC(=O)c1ccc2c(c1)C1(C)CCCC(C)(C(=O)OC)C1C2C(=O)OC. The van der Waals surface area contributed by atoms with E-state index >= 15 is 0 Å².